The molecular formula is C23H25FN4O3. The van der Waals surface area contributed by atoms with Gasteiger partial charge in [0.25, 0.3) is 0 Å². The molecule has 0 fully saturated rings. The second-order valence-corrected chi connectivity index (χ2v) is 7.72. The molecule has 31 heavy (non-hydrogen) atoms. The molecule has 0 aliphatic heterocycles. The molecule has 1 aromatic carbocycles. The summed E-state index contributed by atoms with van der Waals surface area (Å²) in [5.41, 5.74) is 3.94. The van der Waals surface area contributed by atoms with Crippen molar-refractivity contribution in [2.45, 2.75) is 46.1 Å². The Hall–Kier alpha value is -3.55. The van der Waals surface area contributed by atoms with Gasteiger partial charge in [-0.1, -0.05) is 17.3 Å². The lowest BCUT2D eigenvalue weighted by molar-refractivity contribution is 0.391. The van der Waals surface area contributed by atoms with Gasteiger partial charge in [0.05, 0.1) is 24.1 Å². The molecule has 4 aromatic rings. The lowest BCUT2D eigenvalue weighted by Gasteiger charge is -2.05. The number of nitrogens with zero attached hydrogens (tertiary/aromatic N) is 4. The largest absolute Gasteiger partial charge is 0.494 e. The monoisotopic (exact) mass is 424 g/mol. The molecule has 0 amide bonds. The van der Waals surface area contributed by atoms with Crippen molar-refractivity contribution in [3.05, 3.63) is 76.7 Å². The van der Waals surface area contributed by atoms with Gasteiger partial charge in [0.2, 0.25) is 5.88 Å². The summed E-state index contributed by atoms with van der Waals surface area (Å²) in [4.78, 5) is 0. The van der Waals surface area contributed by atoms with Crippen LogP contribution in [0, 0.1) is 19.7 Å². The maximum atomic E-state index is 13.3. The van der Waals surface area contributed by atoms with E-state index in [-0.39, 0.29) is 17.6 Å². The van der Waals surface area contributed by atoms with E-state index < -0.39 is 0 Å². The fourth-order valence-electron chi connectivity index (χ4n) is 3.76. The lowest BCUT2D eigenvalue weighted by atomic mass is 10.0. The van der Waals surface area contributed by atoms with Crippen LogP contribution in [0.1, 0.15) is 41.0 Å². The summed E-state index contributed by atoms with van der Waals surface area (Å²) in [6.07, 6.45) is 6.36. The number of aromatic hydroxyl groups is 2. The minimum absolute atomic E-state index is 0.000134. The lowest BCUT2D eigenvalue weighted by Crippen LogP contribution is -2.02. The average Bonchev–Trinajstić information content (AvgIpc) is 3.39. The fourth-order valence-corrected chi connectivity index (χ4v) is 3.76. The number of hydrogen-bond donors (Lipinski definition) is 2. The number of hydrogen-bond acceptors (Lipinski definition) is 5. The van der Waals surface area contributed by atoms with Gasteiger partial charge in [-0.05, 0) is 57.2 Å². The van der Waals surface area contributed by atoms with Crippen molar-refractivity contribution >= 4 is 0 Å². The minimum Gasteiger partial charge on any atom is -0.494 e. The highest BCUT2D eigenvalue weighted by Gasteiger charge is 2.17. The normalized spacial score (nSPS) is 11.3. The van der Waals surface area contributed by atoms with E-state index in [1.54, 1.807) is 35.3 Å². The molecule has 0 aliphatic rings. The zero-order chi connectivity index (χ0) is 22.0. The van der Waals surface area contributed by atoms with E-state index >= 15 is 0 Å². The topological polar surface area (TPSA) is 89.2 Å². The molecule has 0 unspecified atom stereocenters. The number of halogens is 1. The Kier molecular flexibility index (Phi) is 5.79. The zero-order valence-corrected chi connectivity index (χ0v) is 17.5. The Morgan fingerprint density at radius 2 is 1.90 bits per heavy atom. The van der Waals surface area contributed by atoms with Crippen molar-refractivity contribution in [1.29, 1.82) is 0 Å². The first-order valence-electron chi connectivity index (χ1n) is 10.2. The van der Waals surface area contributed by atoms with Gasteiger partial charge in [-0.15, -0.1) is 0 Å². The molecule has 0 aliphatic carbocycles. The van der Waals surface area contributed by atoms with Crippen molar-refractivity contribution in [1.82, 2.24) is 19.5 Å². The molecule has 0 atom stereocenters. The molecule has 3 aromatic heterocycles. The summed E-state index contributed by atoms with van der Waals surface area (Å²) in [6.45, 7) is 4.21. The van der Waals surface area contributed by atoms with Crippen LogP contribution < -0.4 is 0 Å². The van der Waals surface area contributed by atoms with Gasteiger partial charge in [0.15, 0.2) is 5.88 Å². The third-order valence-electron chi connectivity index (χ3n) is 5.46. The van der Waals surface area contributed by atoms with Gasteiger partial charge < -0.3 is 14.7 Å². The molecule has 0 saturated carbocycles. The van der Waals surface area contributed by atoms with Crippen LogP contribution in [0.5, 0.6) is 11.8 Å². The highest BCUT2D eigenvalue weighted by atomic mass is 19.1. The first kappa shape index (κ1) is 20.7. The van der Waals surface area contributed by atoms with Gasteiger partial charge in [0.1, 0.15) is 11.6 Å². The fraction of sp³-hybridized carbons (Fsp3) is 0.304. The van der Waals surface area contributed by atoms with Crippen LogP contribution in [0.2, 0.25) is 0 Å². The molecule has 0 radical (unpaired) electrons. The first-order valence-corrected chi connectivity index (χ1v) is 10.2. The van der Waals surface area contributed by atoms with Crippen LogP contribution in [0.15, 0.2) is 47.2 Å². The van der Waals surface area contributed by atoms with Crippen molar-refractivity contribution < 1.29 is 19.1 Å². The molecule has 3 heterocycles. The molecule has 0 saturated heterocycles. The molecule has 0 bridgehead atoms. The van der Waals surface area contributed by atoms with Gasteiger partial charge in [-0.3, -0.25) is 4.68 Å². The number of rotatable bonds is 8. The van der Waals surface area contributed by atoms with E-state index in [0.717, 1.165) is 41.8 Å². The first-order chi connectivity index (χ1) is 14.9. The van der Waals surface area contributed by atoms with E-state index in [4.69, 9.17) is 4.52 Å². The van der Waals surface area contributed by atoms with Crippen molar-refractivity contribution in [2.75, 3.05) is 0 Å². The summed E-state index contributed by atoms with van der Waals surface area (Å²) in [5.74, 6) is 0.462. The van der Waals surface area contributed by atoms with Crippen molar-refractivity contribution in [3.8, 4) is 17.4 Å². The quantitative estimate of drug-likeness (QED) is 0.408. The zero-order valence-electron chi connectivity index (χ0n) is 17.5. The third-order valence-corrected chi connectivity index (χ3v) is 5.46. The predicted molar refractivity (Wildman–Crippen MR) is 113 cm³/mol. The Bertz CT molecular complexity index is 1170. The van der Waals surface area contributed by atoms with Crippen LogP contribution >= 0.6 is 0 Å². The second kappa shape index (κ2) is 8.67. The number of benzene rings is 1. The smallest absolute Gasteiger partial charge is 0.202 e. The molecule has 2 N–H and O–H groups in total. The van der Waals surface area contributed by atoms with E-state index in [2.05, 4.69) is 10.3 Å². The highest BCUT2D eigenvalue weighted by Crippen LogP contribution is 2.32. The third kappa shape index (κ3) is 4.47. The maximum Gasteiger partial charge on any atom is 0.202 e. The number of aromatic nitrogens is 4. The van der Waals surface area contributed by atoms with E-state index in [1.807, 2.05) is 19.9 Å². The molecular weight excluding hydrogens is 399 g/mol. The number of aryl methyl sites for hydroxylation is 4. The van der Waals surface area contributed by atoms with Gasteiger partial charge in [0, 0.05) is 23.4 Å². The Morgan fingerprint density at radius 1 is 1.10 bits per heavy atom. The molecule has 4 rings (SSSR count). The van der Waals surface area contributed by atoms with Crippen molar-refractivity contribution in [2.24, 2.45) is 0 Å². The molecule has 8 heteroatoms. The predicted octanol–water partition coefficient (Wildman–Crippen LogP) is 4.44. The van der Waals surface area contributed by atoms with Gasteiger partial charge in [-0.25, -0.2) is 8.96 Å². The molecule has 162 valence electrons. The van der Waals surface area contributed by atoms with Crippen LogP contribution in [-0.4, -0.2) is 29.7 Å². The molecule has 0 spiro atoms. The summed E-state index contributed by atoms with van der Waals surface area (Å²) in [5, 5.41) is 29.3. The Labute approximate surface area is 179 Å². The van der Waals surface area contributed by atoms with E-state index in [0.29, 0.717) is 24.2 Å². The highest BCUT2D eigenvalue weighted by molar-refractivity contribution is 5.45. The van der Waals surface area contributed by atoms with Crippen LogP contribution in [0.4, 0.5) is 4.39 Å². The second-order valence-electron chi connectivity index (χ2n) is 7.72. The Morgan fingerprint density at radius 3 is 2.65 bits per heavy atom. The summed E-state index contributed by atoms with van der Waals surface area (Å²) < 4.78 is 21.5. The van der Waals surface area contributed by atoms with E-state index in [9.17, 15) is 14.6 Å². The Balaban J connectivity index is 1.41. The van der Waals surface area contributed by atoms with Crippen LogP contribution in [0.3, 0.4) is 0 Å². The minimum atomic E-state index is -0.230. The number of unbranched alkanes of at least 4 members (excludes halogenated alkanes) is 1. The van der Waals surface area contributed by atoms with Crippen LogP contribution in [0.25, 0.3) is 5.69 Å². The standard InChI is InChI=1S/C23H25FN4O3/c1-15-21(16(2)31-26-15)14-27-13-20(12-25-27)28-22(29)11-18(23(28)30)8-4-3-6-17-7-5-9-19(24)10-17/h5,7,9-13,29-30H,3-4,6,8,14H2,1-2H3. The SMILES string of the molecule is Cc1noc(C)c1Cn1cc(-n2c(O)cc(CCCCc3cccc(F)c3)c2O)cn1. The summed E-state index contributed by atoms with van der Waals surface area (Å²) in [7, 11) is 0. The van der Waals surface area contributed by atoms with Gasteiger partial charge >= 0.3 is 0 Å². The van der Waals surface area contributed by atoms with Crippen LogP contribution in [-0.2, 0) is 19.4 Å². The van der Waals surface area contributed by atoms with Gasteiger partial charge in [-0.2, -0.15) is 5.10 Å². The average molecular weight is 424 g/mol. The molecule has 7 nitrogen and oxygen atoms in total. The van der Waals surface area contributed by atoms with Crippen molar-refractivity contribution in [3.63, 3.8) is 0 Å². The van der Waals surface area contributed by atoms with E-state index in [1.165, 1.54) is 10.6 Å². The summed E-state index contributed by atoms with van der Waals surface area (Å²) in [6, 6.07) is 8.16. The maximum absolute atomic E-state index is 13.3. The summed E-state index contributed by atoms with van der Waals surface area (Å²) >= 11 is 0.